The highest BCUT2D eigenvalue weighted by molar-refractivity contribution is 7.09. The number of thiazole rings is 1. The van der Waals surface area contributed by atoms with E-state index in [2.05, 4.69) is 20.4 Å². The van der Waals surface area contributed by atoms with Gasteiger partial charge in [0, 0.05) is 18.3 Å². The number of nitrogens with one attached hydrogen (secondary N) is 2. The molecule has 0 radical (unpaired) electrons. The zero-order valence-corrected chi connectivity index (χ0v) is 12.5. The highest BCUT2D eigenvalue weighted by Gasteiger charge is 2.23. The number of amides is 2. The van der Waals surface area contributed by atoms with E-state index in [-0.39, 0.29) is 0 Å². The first-order chi connectivity index (χ1) is 9.92. The molecule has 0 fully saturated rings. The molecule has 0 aromatic carbocycles. The highest BCUT2D eigenvalue weighted by Crippen LogP contribution is 2.07. The molecule has 1 aromatic rings. The number of hydrogen-bond donors (Lipinski definition) is 3. The smallest absolute Gasteiger partial charge is 0.326 e. The fourth-order valence-electron chi connectivity index (χ4n) is 1.49. The predicted molar refractivity (Wildman–Crippen MR) is 75.1 cm³/mol. The van der Waals surface area contributed by atoms with E-state index in [1.54, 1.807) is 0 Å². The number of carbonyl (C=O) groups excluding carboxylic acids is 2. The number of aryl methyl sites for hydroxylation is 1. The number of hydrogen-bond acceptors (Lipinski definition) is 6. The van der Waals surface area contributed by atoms with Gasteiger partial charge in [0.1, 0.15) is 6.04 Å². The Labute approximate surface area is 125 Å². The van der Waals surface area contributed by atoms with Crippen LogP contribution in [0.25, 0.3) is 0 Å². The summed E-state index contributed by atoms with van der Waals surface area (Å²) in [6.45, 7) is 2.21. The molecule has 8 nitrogen and oxygen atoms in total. The third kappa shape index (κ3) is 6.21. The van der Waals surface area contributed by atoms with Gasteiger partial charge in [-0.25, -0.2) is 14.6 Å². The number of carbonyl (C=O) groups is 3. The molecular weight excluding hydrogens is 298 g/mol. The average Bonchev–Trinajstić information content (AvgIpc) is 2.83. The first-order valence-corrected chi connectivity index (χ1v) is 7.05. The Morgan fingerprint density at radius 3 is 2.71 bits per heavy atom. The van der Waals surface area contributed by atoms with Crippen molar-refractivity contribution in [1.29, 1.82) is 0 Å². The molecule has 116 valence electrons. The fraction of sp³-hybridized carbons (Fsp3) is 0.500. The Balaban J connectivity index is 2.36. The normalized spacial score (nSPS) is 11.5. The van der Waals surface area contributed by atoms with Crippen LogP contribution in [0.15, 0.2) is 5.38 Å². The van der Waals surface area contributed by atoms with Crippen molar-refractivity contribution in [3.8, 4) is 0 Å². The quantitative estimate of drug-likeness (QED) is 0.623. The average molecular weight is 315 g/mol. The Morgan fingerprint density at radius 1 is 1.48 bits per heavy atom. The van der Waals surface area contributed by atoms with Crippen molar-refractivity contribution in [1.82, 2.24) is 15.6 Å². The monoisotopic (exact) mass is 315 g/mol. The van der Waals surface area contributed by atoms with Crippen LogP contribution < -0.4 is 10.6 Å². The summed E-state index contributed by atoms with van der Waals surface area (Å²) in [5.74, 6) is -2.01. The number of carboxylic acids is 1. The minimum Gasteiger partial charge on any atom is -0.480 e. The summed E-state index contributed by atoms with van der Waals surface area (Å²) >= 11 is 1.52. The molecular formula is C12H17N3O5S. The molecule has 0 aliphatic heterocycles. The summed E-state index contributed by atoms with van der Waals surface area (Å²) < 4.78 is 4.37. The van der Waals surface area contributed by atoms with E-state index in [0.717, 1.165) is 17.8 Å². The summed E-state index contributed by atoms with van der Waals surface area (Å²) in [4.78, 5) is 37.8. The SMILES string of the molecule is COC(=O)C[C@H](NC(=O)NCCc1csc(C)n1)C(=O)O. The number of aromatic nitrogens is 1. The number of urea groups is 1. The number of esters is 1. The lowest BCUT2D eigenvalue weighted by Gasteiger charge is -2.13. The van der Waals surface area contributed by atoms with Crippen LogP contribution in [0.5, 0.6) is 0 Å². The lowest BCUT2D eigenvalue weighted by atomic mass is 10.2. The summed E-state index contributed by atoms with van der Waals surface area (Å²) in [7, 11) is 1.15. The Kier molecular flexibility index (Phi) is 6.60. The first-order valence-electron chi connectivity index (χ1n) is 6.17. The number of aliphatic carboxylic acids is 1. The van der Waals surface area contributed by atoms with Crippen molar-refractivity contribution in [2.75, 3.05) is 13.7 Å². The molecule has 0 aliphatic rings. The molecule has 0 unspecified atom stereocenters. The number of rotatable bonds is 7. The first kappa shape index (κ1) is 16.9. The predicted octanol–water partition coefficient (Wildman–Crippen LogP) is 0.310. The largest absolute Gasteiger partial charge is 0.480 e. The molecule has 3 N–H and O–H groups in total. The van der Waals surface area contributed by atoms with Crippen molar-refractivity contribution >= 4 is 29.3 Å². The lowest BCUT2D eigenvalue weighted by molar-refractivity contribution is -0.147. The van der Waals surface area contributed by atoms with Gasteiger partial charge in [-0.05, 0) is 6.92 Å². The molecule has 1 atom stereocenters. The zero-order valence-electron chi connectivity index (χ0n) is 11.7. The summed E-state index contributed by atoms with van der Waals surface area (Å²) in [6, 6.07) is -1.97. The summed E-state index contributed by atoms with van der Waals surface area (Å²) in [6.07, 6.45) is 0.122. The Morgan fingerprint density at radius 2 is 2.19 bits per heavy atom. The van der Waals surface area contributed by atoms with Gasteiger partial charge in [-0.15, -0.1) is 11.3 Å². The Hall–Kier alpha value is -2.16. The van der Waals surface area contributed by atoms with Gasteiger partial charge in [-0.2, -0.15) is 0 Å². The number of carboxylic acid groups (broad SMARTS) is 1. The van der Waals surface area contributed by atoms with Crippen LogP contribution in [-0.2, 0) is 20.7 Å². The lowest BCUT2D eigenvalue weighted by Crippen LogP contribution is -2.47. The van der Waals surface area contributed by atoms with E-state index in [1.165, 1.54) is 11.3 Å². The van der Waals surface area contributed by atoms with Gasteiger partial charge in [-0.1, -0.05) is 0 Å². The standard InChI is InChI=1S/C12H17N3O5S/c1-7-14-8(6-21-7)3-4-13-12(19)15-9(11(17)18)5-10(16)20-2/h6,9H,3-5H2,1-2H3,(H,17,18)(H2,13,15,19)/t9-/m0/s1. The van der Waals surface area contributed by atoms with E-state index >= 15 is 0 Å². The molecule has 1 rings (SSSR count). The fourth-order valence-corrected chi connectivity index (χ4v) is 2.13. The second-order valence-corrected chi connectivity index (χ2v) is 5.24. The van der Waals surface area contributed by atoms with Crippen molar-refractivity contribution < 1.29 is 24.2 Å². The van der Waals surface area contributed by atoms with Gasteiger partial charge >= 0.3 is 18.0 Å². The van der Waals surface area contributed by atoms with Crippen molar-refractivity contribution in [3.63, 3.8) is 0 Å². The van der Waals surface area contributed by atoms with E-state index in [4.69, 9.17) is 5.11 Å². The van der Waals surface area contributed by atoms with Gasteiger partial charge in [0.05, 0.1) is 24.2 Å². The van der Waals surface area contributed by atoms with E-state index in [1.807, 2.05) is 12.3 Å². The highest BCUT2D eigenvalue weighted by atomic mass is 32.1. The molecule has 0 saturated heterocycles. The van der Waals surface area contributed by atoms with Gasteiger partial charge < -0.3 is 20.5 Å². The Bertz CT molecular complexity index is 517. The minimum atomic E-state index is -1.32. The number of methoxy groups -OCH3 is 1. The van der Waals surface area contributed by atoms with E-state index in [0.29, 0.717) is 13.0 Å². The third-order valence-corrected chi connectivity index (χ3v) is 3.36. The maximum atomic E-state index is 11.6. The molecule has 1 aromatic heterocycles. The van der Waals surface area contributed by atoms with Crippen LogP contribution in [-0.4, -0.2) is 47.8 Å². The molecule has 9 heteroatoms. The van der Waals surface area contributed by atoms with Crippen LogP contribution in [0.2, 0.25) is 0 Å². The van der Waals surface area contributed by atoms with Gasteiger partial charge in [0.25, 0.3) is 0 Å². The maximum Gasteiger partial charge on any atom is 0.326 e. The van der Waals surface area contributed by atoms with Crippen LogP contribution in [0.1, 0.15) is 17.1 Å². The zero-order chi connectivity index (χ0) is 15.8. The second-order valence-electron chi connectivity index (χ2n) is 4.18. The van der Waals surface area contributed by atoms with E-state index in [9.17, 15) is 14.4 Å². The summed E-state index contributed by atoms with van der Waals surface area (Å²) in [5, 5.41) is 16.5. The molecule has 0 saturated carbocycles. The molecule has 0 aliphatic carbocycles. The molecule has 2 amide bonds. The minimum absolute atomic E-state index is 0.319. The van der Waals surface area contributed by atoms with Crippen LogP contribution in [0.3, 0.4) is 0 Å². The van der Waals surface area contributed by atoms with Gasteiger partial charge in [0.15, 0.2) is 0 Å². The van der Waals surface area contributed by atoms with Crippen molar-refractivity contribution in [2.24, 2.45) is 0 Å². The van der Waals surface area contributed by atoms with Crippen molar-refractivity contribution in [2.45, 2.75) is 25.8 Å². The number of nitrogens with zero attached hydrogens (tertiary/aromatic N) is 1. The van der Waals surface area contributed by atoms with E-state index < -0.39 is 30.4 Å². The van der Waals surface area contributed by atoms with Gasteiger partial charge in [0.2, 0.25) is 0 Å². The molecule has 21 heavy (non-hydrogen) atoms. The molecule has 1 heterocycles. The van der Waals surface area contributed by atoms with Crippen LogP contribution in [0.4, 0.5) is 4.79 Å². The third-order valence-electron chi connectivity index (χ3n) is 2.54. The topological polar surface area (TPSA) is 118 Å². The van der Waals surface area contributed by atoms with Crippen LogP contribution >= 0.6 is 11.3 Å². The van der Waals surface area contributed by atoms with Crippen LogP contribution in [0, 0.1) is 6.92 Å². The molecule has 0 bridgehead atoms. The second kappa shape index (κ2) is 8.20. The molecule has 0 spiro atoms. The number of ether oxygens (including phenoxy) is 1. The van der Waals surface area contributed by atoms with Crippen molar-refractivity contribution in [3.05, 3.63) is 16.1 Å². The summed E-state index contributed by atoms with van der Waals surface area (Å²) in [5.41, 5.74) is 0.863. The van der Waals surface area contributed by atoms with Gasteiger partial charge in [-0.3, -0.25) is 4.79 Å². The maximum absolute atomic E-state index is 11.6.